The Bertz CT molecular complexity index is 1020. The lowest BCUT2D eigenvalue weighted by molar-refractivity contribution is -0.154. The van der Waals surface area contributed by atoms with Gasteiger partial charge in [0.1, 0.15) is 0 Å². The Labute approximate surface area is 181 Å². The zero-order valence-electron chi connectivity index (χ0n) is 16.9. The molecule has 3 rings (SSSR count). The number of nitrogens with one attached hydrogen (secondary N) is 1. The molecule has 1 aliphatic rings. The van der Waals surface area contributed by atoms with Crippen LogP contribution < -0.4 is 5.32 Å². The van der Waals surface area contributed by atoms with Crippen LogP contribution in [0.3, 0.4) is 0 Å². The van der Waals surface area contributed by atoms with Crippen LogP contribution in [0, 0.1) is 5.92 Å². The molecule has 1 saturated heterocycles. The normalized spacial score (nSPS) is 15.2. The van der Waals surface area contributed by atoms with Gasteiger partial charge in [0.2, 0.25) is 15.9 Å². The summed E-state index contributed by atoms with van der Waals surface area (Å²) in [5, 5.41) is 2.19. The second-order valence-electron chi connectivity index (χ2n) is 7.23. The van der Waals surface area contributed by atoms with Crippen LogP contribution in [-0.2, 0) is 35.6 Å². The second-order valence-corrected chi connectivity index (χ2v) is 9.17. The third kappa shape index (κ3) is 6.22. The summed E-state index contributed by atoms with van der Waals surface area (Å²) in [7, 11) is -3.60. The Balaban J connectivity index is 1.42. The Morgan fingerprint density at radius 3 is 2.10 bits per heavy atom. The number of imide groups is 1. The summed E-state index contributed by atoms with van der Waals surface area (Å²) in [6, 6.07) is 17.1. The lowest BCUT2D eigenvalue weighted by Gasteiger charge is -2.30. The predicted molar refractivity (Wildman–Crippen MR) is 112 cm³/mol. The topological polar surface area (TPSA) is 110 Å². The number of benzene rings is 2. The zero-order chi connectivity index (χ0) is 22.3. The van der Waals surface area contributed by atoms with Gasteiger partial charge in [0.15, 0.2) is 6.61 Å². The fourth-order valence-corrected chi connectivity index (χ4v) is 4.84. The van der Waals surface area contributed by atoms with Crippen LogP contribution in [0.1, 0.15) is 18.4 Å². The van der Waals surface area contributed by atoms with Crippen molar-refractivity contribution in [3.8, 4) is 0 Å². The number of esters is 1. The van der Waals surface area contributed by atoms with Crippen LogP contribution in [-0.4, -0.2) is 50.2 Å². The first-order valence-electron chi connectivity index (χ1n) is 9.94. The SMILES string of the molecule is O=C(COC(=O)C1CCN(S(=O)(=O)c2ccccc2)CC1)NC(=O)Cc1ccccc1. The van der Waals surface area contributed by atoms with Crippen molar-refractivity contribution in [3.05, 3.63) is 66.2 Å². The number of carbonyl (C=O) groups is 3. The molecule has 0 spiro atoms. The third-order valence-electron chi connectivity index (χ3n) is 5.00. The van der Waals surface area contributed by atoms with Crippen molar-refractivity contribution in [2.24, 2.45) is 5.92 Å². The van der Waals surface area contributed by atoms with Gasteiger partial charge in [-0.2, -0.15) is 4.31 Å². The number of hydrogen-bond donors (Lipinski definition) is 1. The molecular weight excluding hydrogens is 420 g/mol. The minimum atomic E-state index is -3.60. The van der Waals surface area contributed by atoms with E-state index in [1.807, 2.05) is 6.07 Å². The summed E-state index contributed by atoms with van der Waals surface area (Å²) in [6.45, 7) is -0.167. The average molecular weight is 445 g/mol. The molecule has 1 N–H and O–H groups in total. The molecule has 0 bridgehead atoms. The summed E-state index contributed by atoms with van der Waals surface area (Å²) in [4.78, 5) is 36.2. The van der Waals surface area contributed by atoms with Gasteiger partial charge in [-0.15, -0.1) is 0 Å². The summed E-state index contributed by atoms with van der Waals surface area (Å²) in [6.07, 6.45) is 0.660. The highest BCUT2D eigenvalue weighted by atomic mass is 32.2. The first-order chi connectivity index (χ1) is 14.9. The Hall–Kier alpha value is -3.04. The number of ether oxygens (including phenoxy) is 1. The van der Waals surface area contributed by atoms with Crippen LogP contribution >= 0.6 is 0 Å². The maximum atomic E-state index is 12.6. The molecule has 0 unspecified atom stereocenters. The summed E-state index contributed by atoms with van der Waals surface area (Å²) < 4.78 is 31.7. The molecule has 0 atom stereocenters. The van der Waals surface area contributed by atoms with Crippen LogP contribution in [0.4, 0.5) is 0 Å². The molecule has 2 aromatic carbocycles. The minimum Gasteiger partial charge on any atom is -0.455 e. The quantitative estimate of drug-likeness (QED) is 0.649. The van der Waals surface area contributed by atoms with Crippen molar-refractivity contribution in [3.63, 3.8) is 0 Å². The van der Waals surface area contributed by atoms with E-state index in [0.717, 1.165) is 5.56 Å². The van der Waals surface area contributed by atoms with Crippen LogP contribution in [0.15, 0.2) is 65.6 Å². The first-order valence-corrected chi connectivity index (χ1v) is 11.4. The first kappa shape index (κ1) is 22.6. The molecule has 31 heavy (non-hydrogen) atoms. The van der Waals surface area contributed by atoms with E-state index >= 15 is 0 Å². The van der Waals surface area contributed by atoms with E-state index in [9.17, 15) is 22.8 Å². The number of rotatable bonds is 7. The molecule has 2 amide bonds. The van der Waals surface area contributed by atoms with Crippen molar-refractivity contribution in [2.45, 2.75) is 24.2 Å². The lowest BCUT2D eigenvalue weighted by atomic mass is 9.98. The minimum absolute atomic E-state index is 0.0505. The van der Waals surface area contributed by atoms with Crippen molar-refractivity contribution in [2.75, 3.05) is 19.7 Å². The van der Waals surface area contributed by atoms with Gasteiger partial charge in [0.25, 0.3) is 5.91 Å². The zero-order valence-corrected chi connectivity index (χ0v) is 17.7. The molecule has 0 saturated carbocycles. The number of nitrogens with zero attached hydrogens (tertiary/aromatic N) is 1. The van der Waals surface area contributed by atoms with Crippen molar-refractivity contribution >= 4 is 27.8 Å². The Morgan fingerprint density at radius 2 is 1.48 bits per heavy atom. The number of sulfonamides is 1. The van der Waals surface area contributed by atoms with Gasteiger partial charge in [-0.1, -0.05) is 48.5 Å². The maximum absolute atomic E-state index is 12.6. The molecule has 8 nitrogen and oxygen atoms in total. The number of piperidine rings is 1. The van der Waals surface area contributed by atoms with Gasteiger partial charge in [-0.3, -0.25) is 19.7 Å². The molecular formula is C22H24N2O6S. The van der Waals surface area contributed by atoms with E-state index in [-0.39, 0.29) is 24.4 Å². The summed E-state index contributed by atoms with van der Waals surface area (Å²) >= 11 is 0. The standard InChI is InChI=1S/C22H24N2O6S/c25-20(15-17-7-3-1-4-8-17)23-21(26)16-30-22(27)18-11-13-24(14-12-18)31(28,29)19-9-5-2-6-10-19/h1-10,18H,11-16H2,(H,23,25,26). The smallest absolute Gasteiger partial charge is 0.309 e. The predicted octanol–water partition coefficient (Wildman–Crippen LogP) is 1.52. The fourth-order valence-electron chi connectivity index (χ4n) is 3.34. The molecule has 1 heterocycles. The lowest BCUT2D eigenvalue weighted by Crippen LogP contribution is -2.41. The summed E-state index contributed by atoms with van der Waals surface area (Å²) in [5.41, 5.74) is 0.766. The van der Waals surface area contributed by atoms with E-state index in [1.165, 1.54) is 16.4 Å². The second kappa shape index (κ2) is 10.3. The molecule has 1 aliphatic heterocycles. The van der Waals surface area contributed by atoms with Gasteiger partial charge in [0.05, 0.1) is 17.2 Å². The number of carbonyl (C=O) groups excluding carboxylic acids is 3. The van der Waals surface area contributed by atoms with Crippen LogP contribution in [0.2, 0.25) is 0 Å². The molecule has 9 heteroatoms. The number of hydrogen-bond acceptors (Lipinski definition) is 6. The Kier molecular flexibility index (Phi) is 7.54. The maximum Gasteiger partial charge on any atom is 0.309 e. The summed E-state index contributed by atoms with van der Waals surface area (Å²) in [5.74, 6) is -2.23. The molecule has 2 aromatic rings. The van der Waals surface area contributed by atoms with Gasteiger partial charge in [-0.25, -0.2) is 8.42 Å². The number of amides is 2. The van der Waals surface area contributed by atoms with Crippen LogP contribution in [0.25, 0.3) is 0 Å². The average Bonchev–Trinajstić information content (AvgIpc) is 2.78. The highest BCUT2D eigenvalue weighted by molar-refractivity contribution is 7.89. The molecule has 164 valence electrons. The van der Waals surface area contributed by atoms with E-state index in [1.54, 1.807) is 42.5 Å². The molecule has 0 aliphatic carbocycles. The van der Waals surface area contributed by atoms with Crippen molar-refractivity contribution in [1.29, 1.82) is 0 Å². The molecule has 1 fully saturated rings. The van der Waals surface area contributed by atoms with Crippen molar-refractivity contribution in [1.82, 2.24) is 9.62 Å². The largest absolute Gasteiger partial charge is 0.455 e. The van der Waals surface area contributed by atoms with E-state index in [0.29, 0.717) is 12.8 Å². The van der Waals surface area contributed by atoms with E-state index in [4.69, 9.17) is 4.74 Å². The highest BCUT2D eigenvalue weighted by Gasteiger charge is 2.32. The van der Waals surface area contributed by atoms with Gasteiger partial charge in [-0.05, 0) is 30.5 Å². The monoisotopic (exact) mass is 444 g/mol. The van der Waals surface area contributed by atoms with E-state index < -0.39 is 40.3 Å². The van der Waals surface area contributed by atoms with Crippen LogP contribution in [0.5, 0.6) is 0 Å². The van der Waals surface area contributed by atoms with E-state index in [2.05, 4.69) is 5.32 Å². The van der Waals surface area contributed by atoms with Gasteiger partial charge in [0, 0.05) is 13.1 Å². The third-order valence-corrected chi connectivity index (χ3v) is 6.91. The highest BCUT2D eigenvalue weighted by Crippen LogP contribution is 2.24. The van der Waals surface area contributed by atoms with Crippen molar-refractivity contribution < 1.29 is 27.5 Å². The van der Waals surface area contributed by atoms with Gasteiger partial charge < -0.3 is 4.74 Å². The Morgan fingerprint density at radius 1 is 0.903 bits per heavy atom. The fraction of sp³-hybridized carbons (Fsp3) is 0.318. The molecule has 0 radical (unpaired) electrons. The van der Waals surface area contributed by atoms with Gasteiger partial charge >= 0.3 is 5.97 Å². The molecule has 0 aromatic heterocycles.